The summed E-state index contributed by atoms with van der Waals surface area (Å²) in [4.78, 5) is 0. The second-order valence-electron chi connectivity index (χ2n) is 4.88. The van der Waals surface area contributed by atoms with E-state index in [2.05, 4.69) is 23.5 Å². The Labute approximate surface area is 97.0 Å². The van der Waals surface area contributed by atoms with Crippen LogP contribution in [0.5, 0.6) is 5.75 Å². The van der Waals surface area contributed by atoms with E-state index in [1.807, 2.05) is 0 Å². The van der Waals surface area contributed by atoms with Gasteiger partial charge in [0.15, 0.2) is 0 Å². The Kier molecular flexibility index (Phi) is 2.60. The predicted molar refractivity (Wildman–Crippen MR) is 65.1 cm³/mol. The van der Waals surface area contributed by atoms with Crippen LogP contribution in [0.15, 0.2) is 18.2 Å². The Morgan fingerprint density at radius 2 is 2.25 bits per heavy atom. The van der Waals surface area contributed by atoms with Crippen molar-refractivity contribution in [3.63, 3.8) is 0 Å². The van der Waals surface area contributed by atoms with Gasteiger partial charge in [-0.2, -0.15) is 0 Å². The van der Waals surface area contributed by atoms with E-state index in [-0.39, 0.29) is 0 Å². The lowest BCUT2D eigenvalue weighted by Gasteiger charge is -2.38. The summed E-state index contributed by atoms with van der Waals surface area (Å²) in [6.07, 6.45) is 5.08. The lowest BCUT2D eigenvalue weighted by molar-refractivity contribution is 0.307. The number of aryl methyl sites for hydroxylation is 1. The summed E-state index contributed by atoms with van der Waals surface area (Å²) in [6.45, 7) is 1.19. The average Bonchev–Trinajstić information content (AvgIpc) is 2.37. The summed E-state index contributed by atoms with van der Waals surface area (Å²) in [6, 6.07) is 7.17. The highest BCUT2D eigenvalue weighted by molar-refractivity contribution is 5.45. The normalized spacial score (nSPS) is 28.1. The molecule has 0 bridgehead atoms. The first-order valence-corrected chi connectivity index (χ1v) is 6.29. The predicted octanol–water partition coefficient (Wildman–Crippen LogP) is 2.48. The van der Waals surface area contributed by atoms with E-state index in [9.17, 15) is 0 Å². The highest BCUT2D eigenvalue weighted by Gasteiger charge is 2.33. The molecule has 2 nitrogen and oxygen atoms in total. The lowest BCUT2D eigenvalue weighted by atomic mass is 9.75. The zero-order chi connectivity index (χ0) is 11.0. The average molecular weight is 217 g/mol. The van der Waals surface area contributed by atoms with E-state index in [1.165, 1.54) is 43.4 Å². The standard InChI is InChI=1S/C14H19NO/c1-16-13-6-2-4-10-7-8-12-11(14(10)13)5-3-9-15-12/h2,4,6,11-12,15H,3,5,7-9H2,1H3. The number of ether oxygens (including phenoxy) is 1. The van der Waals surface area contributed by atoms with Gasteiger partial charge >= 0.3 is 0 Å². The van der Waals surface area contributed by atoms with Crippen molar-refractivity contribution in [2.45, 2.75) is 37.6 Å². The van der Waals surface area contributed by atoms with E-state index in [0.717, 1.165) is 5.75 Å². The van der Waals surface area contributed by atoms with Crippen molar-refractivity contribution >= 4 is 0 Å². The minimum absolute atomic E-state index is 0.675. The van der Waals surface area contributed by atoms with Gasteiger partial charge in [0.25, 0.3) is 0 Å². The fraction of sp³-hybridized carbons (Fsp3) is 0.571. The highest BCUT2D eigenvalue weighted by Crippen LogP contribution is 2.41. The fourth-order valence-corrected chi connectivity index (χ4v) is 3.32. The van der Waals surface area contributed by atoms with Gasteiger partial charge in [0.2, 0.25) is 0 Å². The fourth-order valence-electron chi connectivity index (χ4n) is 3.32. The van der Waals surface area contributed by atoms with Gasteiger partial charge in [-0.1, -0.05) is 12.1 Å². The SMILES string of the molecule is COc1cccc2c1C1CCCNC1CC2. The summed E-state index contributed by atoms with van der Waals surface area (Å²) >= 11 is 0. The molecule has 1 saturated heterocycles. The monoisotopic (exact) mass is 217 g/mol. The molecule has 0 saturated carbocycles. The van der Waals surface area contributed by atoms with Crippen LogP contribution in [0.4, 0.5) is 0 Å². The summed E-state index contributed by atoms with van der Waals surface area (Å²) in [5.74, 6) is 1.77. The lowest BCUT2D eigenvalue weighted by Crippen LogP contribution is -2.42. The molecule has 2 aliphatic rings. The quantitative estimate of drug-likeness (QED) is 0.780. The van der Waals surface area contributed by atoms with Gasteiger partial charge in [0, 0.05) is 17.5 Å². The third-order valence-corrected chi connectivity index (χ3v) is 4.06. The van der Waals surface area contributed by atoms with Crippen molar-refractivity contribution in [3.05, 3.63) is 29.3 Å². The largest absolute Gasteiger partial charge is 0.496 e. The highest BCUT2D eigenvalue weighted by atomic mass is 16.5. The molecule has 1 N–H and O–H groups in total. The van der Waals surface area contributed by atoms with Crippen LogP contribution in [-0.4, -0.2) is 19.7 Å². The second kappa shape index (κ2) is 4.10. The second-order valence-corrected chi connectivity index (χ2v) is 4.88. The van der Waals surface area contributed by atoms with Gasteiger partial charge < -0.3 is 10.1 Å². The Morgan fingerprint density at radius 3 is 3.12 bits per heavy atom. The van der Waals surface area contributed by atoms with E-state index < -0.39 is 0 Å². The van der Waals surface area contributed by atoms with Gasteiger partial charge in [-0.3, -0.25) is 0 Å². The van der Waals surface area contributed by atoms with E-state index in [1.54, 1.807) is 7.11 Å². The number of hydrogen-bond donors (Lipinski definition) is 1. The molecule has 1 heterocycles. The van der Waals surface area contributed by atoms with Gasteiger partial charge in [0.05, 0.1) is 7.11 Å². The molecule has 1 aromatic rings. The van der Waals surface area contributed by atoms with Crippen molar-refractivity contribution < 1.29 is 4.74 Å². The summed E-state index contributed by atoms with van der Waals surface area (Å²) < 4.78 is 5.53. The number of nitrogens with one attached hydrogen (secondary N) is 1. The Hall–Kier alpha value is -1.02. The molecule has 1 aliphatic carbocycles. The molecule has 0 spiro atoms. The third kappa shape index (κ3) is 1.52. The molecule has 2 heteroatoms. The van der Waals surface area contributed by atoms with Gasteiger partial charge in [-0.05, 0) is 43.9 Å². The minimum Gasteiger partial charge on any atom is -0.496 e. The first kappa shape index (κ1) is 10.2. The Bertz CT molecular complexity index is 374. The molecule has 1 aliphatic heterocycles. The Balaban J connectivity index is 2.05. The Morgan fingerprint density at radius 1 is 1.31 bits per heavy atom. The van der Waals surface area contributed by atoms with Crippen LogP contribution >= 0.6 is 0 Å². The van der Waals surface area contributed by atoms with Crippen LogP contribution in [-0.2, 0) is 6.42 Å². The van der Waals surface area contributed by atoms with Crippen LogP contribution in [0.25, 0.3) is 0 Å². The number of fused-ring (bicyclic) bond motifs is 3. The number of piperidine rings is 1. The summed E-state index contributed by atoms with van der Waals surface area (Å²) in [5.41, 5.74) is 2.98. The smallest absolute Gasteiger partial charge is 0.122 e. The zero-order valence-corrected chi connectivity index (χ0v) is 9.83. The van der Waals surface area contributed by atoms with Crippen LogP contribution in [0, 0.1) is 0 Å². The minimum atomic E-state index is 0.675. The van der Waals surface area contributed by atoms with E-state index >= 15 is 0 Å². The number of methoxy groups -OCH3 is 1. The van der Waals surface area contributed by atoms with Crippen LogP contribution in [0.1, 0.15) is 36.3 Å². The molecule has 16 heavy (non-hydrogen) atoms. The molecular formula is C14H19NO. The molecular weight excluding hydrogens is 198 g/mol. The first-order valence-electron chi connectivity index (χ1n) is 6.29. The zero-order valence-electron chi connectivity index (χ0n) is 9.83. The molecule has 3 rings (SSSR count). The number of benzene rings is 1. The van der Waals surface area contributed by atoms with Crippen LogP contribution in [0.3, 0.4) is 0 Å². The van der Waals surface area contributed by atoms with Crippen LogP contribution < -0.4 is 10.1 Å². The van der Waals surface area contributed by atoms with Gasteiger partial charge in [-0.25, -0.2) is 0 Å². The van der Waals surface area contributed by atoms with Crippen molar-refractivity contribution in [1.29, 1.82) is 0 Å². The van der Waals surface area contributed by atoms with Crippen molar-refractivity contribution in [2.75, 3.05) is 13.7 Å². The van der Waals surface area contributed by atoms with Crippen molar-refractivity contribution in [3.8, 4) is 5.75 Å². The molecule has 2 atom stereocenters. The topological polar surface area (TPSA) is 21.3 Å². The maximum Gasteiger partial charge on any atom is 0.122 e. The molecule has 1 fully saturated rings. The molecule has 0 amide bonds. The number of hydrogen-bond acceptors (Lipinski definition) is 2. The van der Waals surface area contributed by atoms with Crippen molar-refractivity contribution in [1.82, 2.24) is 5.32 Å². The maximum atomic E-state index is 5.53. The van der Waals surface area contributed by atoms with Crippen LogP contribution in [0.2, 0.25) is 0 Å². The summed E-state index contributed by atoms with van der Waals surface area (Å²) in [5, 5.41) is 3.66. The van der Waals surface area contributed by atoms with E-state index in [4.69, 9.17) is 4.74 Å². The maximum absolute atomic E-state index is 5.53. The summed E-state index contributed by atoms with van der Waals surface area (Å²) in [7, 11) is 1.79. The number of rotatable bonds is 1. The molecule has 2 unspecified atom stereocenters. The van der Waals surface area contributed by atoms with Gasteiger partial charge in [0.1, 0.15) is 5.75 Å². The first-order chi connectivity index (χ1) is 7.90. The molecule has 86 valence electrons. The van der Waals surface area contributed by atoms with E-state index in [0.29, 0.717) is 12.0 Å². The molecule has 0 aromatic heterocycles. The molecule has 1 aromatic carbocycles. The molecule has 0 radical (unpaired) electrons. The third-order valence-electron chi connectivity index (χ3n) is 4.06. The van der Waals surface area contributed by atoms with Gasteiger partial charge in [-0.15, -0.1) is 0 Å². The van der Waals surface area contributed by atoms with Crippen molar-refractivity contribution in [2.24, 2.45) is 0 Å².